The second-order valence-electron chi connectivity index (χ2n) is 5.22. The van der Waals surface area contributed by atoms with Gasteiger partial charge in [0.25, 0.3) is 5.69 Å². The third-order valence-corrected chi connectivity index (χ3v) is 4.69. The first-order valence-corrected chi connectivity index (χ1v) is 8.74. The molecule has 0 bridgehead atoms. The van der Waals surface area contributed by atoms with Crippen LogP contribution in [0.3, 0.4) is 0 Å². The first-order chi connectivity index (χ1) is 10.8. The summed E-state index contributed by atoms with van der Waals surface area (Å²) in [6.45, 7) is 5.40. The second-order valence-corrected chi connectivity index (χ2v) is 6.78. The van der Waals surface area contributed by atoms with Crippen LogP contribution in [0.15, 0.2) is 23.1 Å². The number of anilines is 1. The number of benzene rings is 1. The molecule has 1 aliphatic heterocycles. The molecule has 10 heteroatoms. The number of likely N-dealkylation sites (N-methyl/N-ethyl adjacent to an activating group) is 1. The Balaban J connectivity index is 2.17. The standard InChI is InChI=1S/C13H20N4O5S/c1-2-16-5-6-22-9-10(16)8-15-12-4-3-11(23(14,20)21)7-13(12)17(18)19/h3-4,7,10,15H,2,5-6,8-9H2,1H3,(H2,14,20,21). The summed E-state index contributed by atoms with van der Waals surface area (Å²) < 4.78 is 28.1. The van der Waals surface area contributed by atoms with E-state index in [1.807, 2.05) is 6.92 Å². The number of rotatable bonds is 6. The van der Waals surface area contributed by atoms with Crippen molar-refractivity contribution in [3.05, 3.63) is 28.3 Å². The first kappa shape index (κ1) is 17.6. The molecule has 1 aliphatic rings. The average molecular weight is 344 g/mol. The van der Waals surface area contributed by atoms with Gasteiger partial charge in [-0.25, -0.2) is 13.6 Å². The van der Waals surface area contributed by atoms with Crippen LogP contribution < -0.4 is 10.5 Å². The van der Waals surface area contributed by atoms with E-state index >= 15 is 0 Å². The first-order valence-electron chi connectivity index (χ1n) is 7.20. The normalized spacial score (nSPS) is 19.5. The minimum atomic E-state index is -3.98. The van der Waals surface area contributed by atoms with E-state index in [4.69, 9.17) is 9.88 Å². The molecule has 1 unspecified atom stereocenters. The van der Waals surface area contributed by atoms with Crippen LogP contribution in [0, 0.1) is 10.1 Å². The molecular formula is C13H20N4O5S. The number of nitrogens with two attached hydrogens (primary N) is 1. The molecule has 0 aromatic heterocycles. The molecule has 1 saturated heterocycles. The number of morpholine rings is 1. The van der Waals surface area contributed by atoms with Crippen LogP contribution in [0.1, 0.15) is 6.92 Å². The van der Waals surface area contributed by atoms with Crippen molar-refractivity contribution in [1.29, 1.82) is 0 Å². The zero-order chi connectivity index (χ0) is 17.0. The predicted molar refractivity (Wildman–Crippen MR) is 84.8 cm³/mol. The van der Waals surface area contributed by atoms with Gasteiger partial charge >= 0.3 is 0 Å². The highest BCUT2D eigenvalue weighted by Gasteiger charge is 2.23. The zero-order valence-corrected chi connectivity index (χ0v) is 13.6. The van der Waals surface area contributed by atoms with Gasteiger partial charge in [-0.15, -0.1) is 0 Å². The molecule has 3 N–H and O–H groups in total. The summed E-state index contributed by atoms with van der Waals surface area (Å²) in [5.74, 6) is 0. The third kappa shape index (κ3) is 4.38. The molecule has 0 amide bonds. The summed E-state index contributed by atoms with van der Waals surface area (Å²) >= 11 is 0. The predicted octanol–water partition coefficient (Wildman–Crippen LogP) is 0.375. The van der Waals surface area contributed by atoms with E-state index in [2.05, 4.69) is 10.2 Å². The van der Waals surface area contributed by atoms with Crippen LogP contribution in [0.5, 0.6) is 0 Å². The largest absolute Gasteiger partial charge is 0.378 e. The van der Waals surface area contributed by atoms with Gasteiger partial charge in [0, 0.05) is 19.2 Å². The third-order valence-electron chi connectivity index (χ3n) is 3.78. The van der Waals surface area contributed by atoms with Crippen molar-refractivity contribution >= 4 is 21.4 Å². The van der Waals surface area contributed by atoms with Gasteiger partial charge < -0.3 is 10.1 Å². The molecule has 2 rings (SSSR count). The Bertz CT molecular complexity index is 679. The fourth-order valence-corrected chi connectivity index (χ4v) is 3.04. The molecule has 23 heavy (non-hydrogen) atoms. The molecule has 1 heterocycles. The molecule has 9 nitrogen and oxygen atoms in total. The molecule has 128 valence electrons. The van der Waals surface area contributed by atoms with Crippen molar-refractivity contribution < 1.29 is 18.1 Å². The number of nitro benzene ring substituents is 1. The van der Waals surface area contributed by atoms with Crippen molar-refractivity contribution in [1.82, 2.24) is 4.90 Å². The highest BCUT2D eigenvalue weighted by Crippen LogP contribution is 2.27. The average Bonchev–Trinajstić information content (AvgIpc) is 2.52. The molecule has 1 atom stereocenters. The number of sulfonamides is 1. The van der Waals surface area contributed by atoms with E-state index in [0.29, 0.717) is 19.8 Å². The quantitative estimate of drug-likeness (QED) is 0.564. The van der Waals surface area contributed by atoms with Gasteiger partial charge in [0.1, 0.15) is 5.69 Å². The van der Waals surface area contributed by atoms with Crippen LogP contribution >= 0.6 is 0 Å². The Morgan fingerprint density at radius 1 is 1.52 bits per heavy atom. The van der Waals surface area contributed by atoms with Crippen molar-refractivity contribution in [2.24, 2.45) is 5.14 Å². The zero-order valence-electron chi connectivity index (χ0n) is 12.8. The molecule has 0 aliphatic carbocycles. The lowest BCUT2D eigenvalue weighted by Crippen LogP contribution is -2.48. The van der Waals surface area contributed by atoms with Gasteiger partial charge in [-0.05, 0) is 18.7 Å². The van der Waals surface area contributed by atoms with E-state index in [-0.39, 0.29) is 22.3 Å². The van der Waals surface area contributed by atoms with Crippen molar-refractivity contribution in [3.8, 4) is 0 Å². The molecule has 0 radical (unpaired) electrons. The van der Waals surface area contributed by atoms with E-state index in [0.717, 1.165) is 19.2 Å². The maximum atomic E-state index is 11.3. The molecule has 1 aromatic carbocycles. The topological polar surface area (TPSA) is 128 Å². The van der Waals surface area contributed by atoms with Crippen LogP contribution in [-0.4, -0.2) is 57.1 Å². The number of nitro groups is 1. The number of hydrogen-bond donors (Lipinski definition) is 2. The van der Waals surface area contributed by atoms with E-state index in [1.165, 1.54) is 12.1 Å². The van der Waals surface area contributed by atoms with E-state index in [1.54, 1.807) is 0 Å². The summed E-state index contributed by atoms with van der Waals surface area (Å²) in [6, 6.07) is 3.68. The van der Waals surface area contributed by atoms with Gasteiger partial charge in [0.2, 0.25) is 10.0 Å². The summed E-state index contributed by atoms with van der Waals surface area (Å²) in [7, 11) is -3.98. The Morgan fingerprint density at radius 3 is 2.87 bits per heavy atom. The van der Waals surface area contributed by atoms with Gasteiger partial charge in [0.15, 0.2) is 0 Å². The fraction of sp³-hybridized carbons (Fsp3) is 0.538. The highest BCUT2D eigenvalue weighted by molar-refractivity contribution is 7.89. The summed E-state index contributed by atoms with van der Waals surface area (Å²) in [5.41, 5.74) is -0.0691. The summed E-state index contributed by atoms with van der Waals surface area (Å²) in [6.07, 6.45) is 0. The lowest BCUT2D eigenvalue weighted by atomic mass is 10.2. The molecule has 0 spiro atoms. The van der Waals surface area contributed by atoms with Gasteiger partial charge in [-0.2, -0.15) is 0 Å². The van der Waals surface area contributed by atoms with Crippen LogP contribution in [0.25, 0.3) is 0 Å². The van der Waals surface area contributed by atoms with E-state index < -0.39 is 14.9 Å². The monoisotopic (exact) mass is 344 g/mol. The minimum absolute atomic E-state index is 0.103. The van der Waals surface area contributed by atoms with Crippen LogP contribution in [0.4, 0.5) is 11.4 Å². The van der Waals surface area contributed by atoms with Crippen molar-refractivity contribution in [2.45, 2.75) is 17.9 Å². The smallest absolute Gasteiger partial charge is 0.293 e. The number of ether oxygens (including phenoxy) is 1. The maximum Gasteiger partial charge on any atom is 0.293 e. The van der Waals surface area contributed by atoms with Gasteiger partial charge in [-0.1, -0.05) is 6.92 Å². The van der Waals surface area contributed by atoms with Gasteiger partial charge in [0.05, 0.1) is 29.1 Å². The van der Waals surface area contributed by atoms with Crippen LogP contribution in [-0.2, 0) is 14.8 Å². The Labute approximate surface area is 134 Å². The highest BCUT2D eigenvalue weighted by atomic mass is 32.2. The molecule has 1 aromatic rings. The Hall–Kier alpha value is -1.75. The molecule has 0 saturated carbocycles. The van der Waals surface area contributed by atoms with Crippen LogP contribution in [0.2, 0.25) is 0 Å². The lowest BCUT2D eigenvalue weighted by molar-refractivity contribution is -0.384. The maximum absolute atomic E-state index is 11.3. The molecular weight excluding hydrogens is 324 g/mol. The Morgan fingerprint density at radius 2 is 2.26 bits per heavy atom. The lowest BCUT2D eigenvalue weighted by Gasteiger charge is -2.34. The van der Waals surface area contributed by atoms with E-state index in [9.17, 15) is 18.5 Å². The number of hydrogen-bond acceptors (Lipinski definition) is 7. The summed E-state index contributed by atoms with van der Waals surface area (Å²) in [4.78, 5) is 12.5. The molecule has 1 fully saturated rings. The number of nitrogens with zero attached hydrogens (tertiary/aromatic N) is 2. The number of primary sulfonamides is 1. The summed E-state index contributed by atoms with van der Waals surface area (Å²) in [5, 5.41) is 19.2. The van der Waals surface area contributed by atoms with Gasteiger partial charge in [-0.3, -0.25) is 15.0 Å². The number of nitrogens with one attached hydrogen (secondary N) is 1. The minimum Gasteiger partial charge on any atom is -0.378 e. The van der Waals surface area contributed by atoms with Crippen molar-refractivity contribution in [3.63, 3.8) is 0 Å². The second kappa shape index (κ2) is 7.21. The SMILES string of the molecule is CCN1CCOCC1CNc1ccc(S(N)(=O)=O)cc1[N+](=O)[O-]. The Kier molecular flexibility index (Phi) is 5.52. The fourth-order valence-electron chi connectivity index (χ4n) is 2.51. The van der Waals surface area contributed by atoms with Crippen molar-refractivity contribution in [2.75, 3.05) is 38.2 Å².